The van der Waals surface area contributed by atoms with Crippen molar-refractivity contribution >= 4 is 17.5 Å². The number of piperidine rings is 1. The van der Waals surface area contributed by atoms with Crippen LogP contribution in [0.3, 0.4) is 0 Å². The van der Waals surface area contributed by atoms with Gasteiger partial charge in [0.1, 0.15) is 0 Å². The molecule has 136 valence electrons. The molecule has 0 radical (unpaired) electrons. The first kappa shape index (κ1) is 17.9. The fourth-order valence-corrected chi connectivity index (χ4v) is 3.47. The molecule has 6 nitrogen and oxygen atoms in total. The second-order valence-corrected chi connectivity index (χ2v) is 6.78. The van der Waals surface area contributed by atoms with Crippen molar-refractivity contribution in [2.24, 2.45) is 5.92 Å². The largest absolute Gasteiger partial charge is 0.378 e. The van der Waals surface area contributed by atoms with Crippen molar-refractivity contribution in [2.75, 3.05) is 57.9 Å². The molecule has 2 aliphatic rings. The molecule has 1 aromatic carbocycles. The van der Waals surface area contributed by atoms with E-state index in [0.29, 0.717) is 32.8 Å². The number of hydrogen-bond donors (Lipinski definition) is 0. The van der Waals surface area contributed by atoms with E-state index in [1.54, 1.807) is 4.90 Å². The van der Waals surface area contributed by atoms with Gasteiger partial charge in [-0.1, -0.05) is 18.2 Å². The molecule has 0 bridgehead atoms. The van der Waals surface area contributed by atoms with Gasteiger partial charge in [-0.2, -0.15) is 0 Å². The van der Waals surface area contributed by atoms with E-state index in [9.17, 15) is 9.59 Å². The molecule has 3 rings (SSSR count). The van der Waals surface area contributed by atoms with Crippen LogP contribution in [0.2, 0.25) is 0 Å². The summed E-state index contributed by atoms with van der Waals surface area (Å²) in [5.74, 6) is 0.441. The fourth-order valence-electron chi connectivity index (χ4n) is 3.47. The van der Waals surface area contributed by atoms with E-state index in [1.165, 1.54) is 0 Å². The lowest BCUT2D eigenvalue weighted by molar-refractivity contribution is -0.141. The highest BCUT2D eigenvalue weighted by Gasteiger charge is 2.30. The Labute approximate surface area is 149 Å². The molecule has 0 unspecified atom stereocenters. The van der Waals surface area contributed by atoms with Crippen molar-refractivity contribution in [3.8, 4) is 0 Å². The molecule has 2 saturated heterocycles. The third kappa shape index (κ3) is 4.58. The Morgan fingerprint density at radius 2 is 1.72 bits per heavy atom. The van der Waals surface area contributed by atoms with Gasteiger partial charge in [-0.05, 0) is 38.1 Å². The molecule has 2 fully saturated rings. The standard InChI is InChI=1S/C19H27N3O3/c1-20(17-5-3-2-4-6-17)18(23)15-21-9-7-16(8-10-21)19(24)22-11-13-25-14-12-22/h2-6,16H,7-15H2,1H3. The summed E-state index contributed by atoms with van der Waals surface area (Å²) < 4.78 is 5.31. The van der Waals surface area contributed by atoms with Crippen LogP contribution in [0.15, 0.2) is 30.3 Å². The van der Waals surface area contributed by atoms with E-state index < -0.39 is 0 Å². The minimum atomic E-state index is 0.0872. The number of para-hydroxylation sites is 1. The number of amides is 2. The third-order valence-electron chi connectivity index (χ3n) is 5.14. The van der Waals surface area contributed by atoms with Crippen molar-refractivity contribution in [1.29, 1.82) is 0 Å². The van der Waals surface area contributed by atoms with E-state index in [-0.39, 0.29) is 17.7 Å². The van der Waals surface area contributed by atoms with Crippen LogP contribution in [0, 0.1) is 5.92 Å². The Balaban J connectivity index is 1.46. The number of likely N-dealkylation sites (tertiary alicyclic amines) is 1. The van der Waals surface area contributed by atoms with E-state index in [2.05, 4.69) is 4.90 Å². The molecule has 25 heavy (non-hydrogen) atoms. The van der Waals surface area contributed by atoms with Crippen molar-refractivity contribution in [2.45, 2.75) is 12.8 Å². The Hall–Kier alpha value is -1.92. The highest BCUT2D eigenvalue weighted by molar-refractivity contribution is 5.94. The summed E-state index contributed by atoms with van der Waals surface area (Å²) in [6.07, 6.45) is 1.66. The minimum Gasteiger partial charge on any atom is -0.378 e. The summed E-state index contributed by atoms with van der Waals surface area (Å²) >= 11 is 0. The maximum atomic E-state index is 12.6. The maximum Gasteiger partial charge on any atom is 0.240 e. The Bertz CT molecular complexity index is 579. The molecule has 0 aliphatic carbocycles. The molecular formula is C19H27N3O3. The topological polar surface area (TPSA) is 53.1 Å². The van der Waals surface area contributed by atoms with Gasteiger partial charge in [0.25, 0.3) is 0 Å². The summed E-state index contributed by atoms with van der Waals surface area (Å²) in [6, 6.07) is 9.68. The summed E-state index contributed by atoms with van der Waals surface area (Å²) in [7, 11) is 1.81. The van der Waals surface area contributed by atoms with E-state index in [4.69, 9.17) is 4.74 Å². The van der Waals surface area contributed by atoms with E-state index in [0.717, 1.165) is 31.6 Å². The first-order valence-corrected chi connectivity index (χ1v) is 9.05. The van der Waals surface area contributed by atoms with Gasteiger partial charge in [0, 0.05) is 31.7 Å². The molecule has 0 aromatic heterocycles. The zero-order valence-electron chi connectivity index (χ0n) is 14.9. The van der Waals surface area contributed by atoms with Gasteiger partial charge >= 0.3 is 0 Å². The lowest BCUT2D eigenvalue weighted by Gasteiger charge is -2.35. The van der Waals surface area contributed by atoms with Crippen molar-refractivity contribution in [1.82, 2.24) is 9.80 Å². The predicted molar refractivity (Wildman–Crippen MR) is 96.4 cm³/mol. The summed E-state index contributed by atoms with van der Waals surface area (Å²) in [4.78, 5) is 30.8. The fraction of sp³-hybridized carbons (Fsp3) is 0.579. The number of hydrogen-bond acceptors (Lipinski definition) is 4. The van der Waals surface area contributed by atoms with Crippen LogP contribution in [0.25, 0.3) is 0 Å². The first-order chi connectivity index (χ1) is 12.1. The predicted octanol–water partition coefficient (Wildman–Crippen LogP) is 1.22. The smallest absolute Gasteiger partial charge is 0.240 e. The lowest BCUT2D eigenvalue weighted by Crippen LogP contribution is -2.48. The van der Waals surface area contributed by atoms with Gasteiger partial charge in [-0.25, -0.2) is 0 Å². The number of anilines is 1. The van der Waals surface area contributed by atoms with Crippen LogP contribution < -0.4 is 4.90 Å². The second kappa shape index (κ2) is 8.45. The second-order valence-electron chi connectivity index (χ2n) is 6.78. The number of nitrogens with zero attached hydrogens (tertiary/aromatic N) is 3. The number of likely N-dealkylation sites (N-methyl/N-ethyl adjacent to an activating group) is 1. The zero-order chi connectivity index (χ0) is 17.6. The van der Waals surface area contributed by atoms with E-state index in [1.807, 2.05) is 42.3 Å². The zero-order valence-corrected chi connectivity index (χ0v) is 14.9. The summed E-state index contributed by atoms with van der Waals surface area (Å²) in [5.41, 5.74) is 0.907. The molecule has 0 saturated carbocycles. The Kier molecular flexibility index (Phi) is 6.04. The molecule has 0 N–H and O–H groups in total. The van der Waals surface area contributed by atoms with Crippen LogP contribution in [-0.4, -0.2) is 74.6 Å². The number of morpholine rings is 1. The van der Waals surface area contributed by atoms with Gasteiger partial charge in [0.05, 0.1) is 19.8 Å². The molecule has 2 aliphatic heterocycles. The van der Waals surface area contributed by atoms with Gasteiger partial charge in [0.15, 0.2) is 0 Å². The maximum absolute atomic E-state index is 12.6. The van der Waals surface area contributed by atoms with Crippen LogP contribution in [0.1, 0.15) is 12.8 Å². The van der Waals surface area contributed by atoms with Crippen molar-refractivity contribution < 1.29 is 14.3 Å². The molecule has 0 atom stereocenters. The summed E-state index contributed by atoms with van der Waals surface area (Å²) in [6.45, 7) is 4.71. The van der Waals surface area contributed by atoms with Gasteiger partial charge in [-0.3, -0.25) is 14.5 Å². The quantitative estimate of drug-likeness (QED) is 0.823. The number of carbonyl (C=O) groups is 2. The Morgan fingerprint density at radius 3 is 2.36 bits per heavy atom. The highest BCUT2D eigenvalue weighted by Crippen LogP contribution is 2.21. The van der Waals surface area contributed by atoms with Gasteiger partial charge < -0.3 is 14.5 Å². The average Bonchev–Trinajstić information content (AvgIpc) is 2.68. The first-order valence-electron chi connectivity index (χ1n) is 9.05. The van der Waals surface area contributed by atoms with Crippen molar-refractivity contribution in [3.05, 3.63) is 30.3 Å². The number of ether oxygens (including phenoxy) is 1. The molecule has 2 amide bonds. The van der Waals surface area contributed by atoms with Gasteiger partial charge in [-0.15, -0.1) is 0 Å². The molecule has 0 spiro atoms. The molecular weight excluding hydrogens is 318 g/mol. The third-order valence-corrected chi connectivity index (χ3v) is 5.14. The molecule has 2 heterocycles. The highest BCUT2D eigenvalue weighted by atomic mass is 16.5. The van der Waals surface area contributed by atoms with E-state index >= 15 is 0 Å². The monoisotopic (exact) mass is 345 g/mol. The van der Waals surface area contributed by atoms with Crippen LogP contribution in [-0.2, 0) is 14.3 Å². The normalized spacial score (nSPS) is 19.6. The van der Waals surface area contributed by atoms with Gasteiger partial charge in [0.2, 0.25) is 11.8 Å². The minimum absolute atomic E-state index is 0.0872. The lowest BCUT2D eigenvalue weighted by atomic mass is 9.95. The Morgan fingerprint density at radius 1 is 1.08 bits per heavy atom. The average molecular weight is 345 g/mol. The number of benzene rings is 1. The van der Waals surface area contributed by atoms with Crippen LogP contribution >= 0.6 is 0 Å². The number of rotatable bonds is 4. The van der Waals surface area contributed by atoms with Crippen LogP contribution in [0.5, 0.6) is 0 Å². The van der Waals surface area contributed by atoms with Crippen molar-refractivity contribution in [3.63, 3.8) is 0 Å². The van der Waals surface area contributed by atoms with Crippen LogP contribution in [0.4, 0.5) is 5.69 Å². The number of carbonyl (C=O) groups excluding carboxylic acids is 2. The SMILES string of the molecule is CN(C(=O)CN1CCC(C(=O)N2CCOCC2)CC1)c1ccccc1. The molecule has 1 aromatic rings. The summed E-state index contributed by atoms with van der Waals surface area (Å²) in [5, 5.41) is 0. The molecule has 6 heteroatoms.